The Morgan fingerprint density at radius 1 is 0.329 bits per heavy atom. The highest BCUT2D eigenvalue weighted by Crippen LogP contribution is 2.58. The maximum absolute atomic E-state index is 2.83. The highest BCUT2D eigenvalue weighted by molar-refractivity contribution is 5.90. The van der Waals surface area contributed by atoms with Gasteiger partial charge in [-0.2, -0.15) is 0 Å². The van der Waals surface area contributed by atoms with Crippen molar-refractivity contribution in [3.8, 4) is 22.3 Å². The van der Waals surface area contributed by atoms with Gasteiger partial charge in [-0.05, 0) is 200 Å². The summed E-state index contributed by atoms with van der Waals surface area (Å²) in [6.45, 7) is 14.0. The van der Waals surface area contributed by atoms with Crippen LogP contribution in [0.3, 0.4) is 0 Å². The van der Waals surface area contributed by atoms with Crippen molar-refractivity contribution in [2.24, 2.45) is 0 Å². The maximum atomic E-state index is 2.83. The van der Waals surface area contributed by atoms with E-state index in [0.29, 0.717) is 23.7 Å². The van der Waals surface area contributed by atoms with E-state index >= 15 is 0 Å². The molecule has 428 valence electrons. The Kier molecular flexibility index (Phi) is 17.2. The van der Waals surface area contributed by atoms with E-state index in [4.69, 9.17) is 0 Å². The van der Waals surface area contributed by atoms with Crippen LogP contribution < -0.4 is 4.90 Å². The standard InChI is InChI=1S/C81H99N/c1-79(2,3)65-41-45-67(46-42-65)81(68-47-43-66(44-48-68)80(4,5)6)76-36-26-25-35-72(76)73-54-53-71(57-77(73)81)82(69-49-37-60(38-50-69)58-27-23-16-24-28-58)70-51-39-63(40-52-70)78-74(61-31-19-12-8-13-20-32-61)55-64(59-29-17-10-7-11-18-30-59)56-75(78)62-33-21-14-9-15-22-34-62/h25-26,35-59,61-62H,7-24,27-34H2,1-6H3. The molecule has 82 heavy (non-hydrogen) atoms. The summed E-state index contributed by atoms with van der Waals surface area (Å²) in [5.41, 5.74) is 23.7. The molecule has 0 radical (unpaired) electrons. The lowest BCUT2D eigenvalue weighted by atomic mass is 9.67. The third-order valence-corrected chi connectivity index (χ3v) is 21.2. The van der Waals surface area contributed by atoms with Gasteiger partial charge in [0.1, 0.15) is 0 Å². The first-order valence-electron chi connectivity index (χ1n) is 33.6. The quantitative estimate of drug-likeness (QED) is 0.132. The first kappa shape index (κ1) is 56.8. The molecule has 0 aliphatic heterocycles. The van der Waals surface area contributed by atoms with E-state index in [1.54, 1.807) is 22.3 Å². The molecule has 0 spiro atoms. The fourth-order valence-electron chi connectivity index (χ4n) is 16.4. The molecule has 1 nitrogen and oxygen atoms in total. The maximum Gasteiger partial charge on any atom is 0.0714 e. The monoisotopic (exact) mass is 1090 g/mol. The molecule has 0 amide bonds. The predicted octanol–water partition coefficient (Wildman–Crippen LogP) is 24.3. The number of anilines is 3. The largest absolute Gasteiger partial charge is 0.310 e. The lowest BCUT2D eigenvalue weighted by Gasteiger charge is -2.36. The van der Waals surface area contributed by atoms with Gasteiger partial charge < -0.3 is 4.90 Å². The average Bonchev–Trinajstić information content (AvgIpc) is 3.67. The van der Waals surface area contributed by atoms with E-state index < -0.39 is 5.41 Å². The van der Waals surface area contributed by atoms with Gasteiger partial charge in [-0.1, -0.05) is 272 Å². The molecule has 1 heteroatoms. The topological polar surface area (TPSA) is 3.24 Å². The van der Waals surface area contributed by atoms with Gasteiger partial charge in [0.05, 0.1) is 5.41 Å². The predicted molar refractivity (Wildman–Crippen MR) is 352 cm³/mol. The molecule has 0 unspecified atom stereocenters. The third-order valence-electron chi connectivity index (χ3n) is 21.2. The molecular formula is C81H99N. The normalized spacial score (nSPS) is 19.2. The number of hydrogen-bond acceptors (Lipinski definition) is 1. The summed E-state index contributed by atoms with van der Waals surface area (Å²) >= 11 is 0. The molecule has 7 aromatic carbocycles. The number of benzene rings is 7. The van der Waals surface area contributed by atoms with Crippen molar-refractivity contribution < 1.29 is 0 Å². The first-order chi connectivity index (χ1) is 39.9. The Labute approximate surface area is 497 Å². The molecular weight excluding hydrogens is 987 g/mol. The van der Waals surface area contributed by atoms with E-state index in [2.05, 4.69) is 198 Å². The Balaban J connectivity index is 1.04. The smallest absolute Gasteiger partial charge is 0.0714 e. The minimum atomic E-state index is -0.530. The summed E-state index contributed by atoms with van der Waals surface area (Å²) in [6.07, 6.45) is 35.6. The van der Waals surface area contributed by atoms with Crippen LogP contribution >= 0.6 is 0 Å². The lowest BCUT2D eigenvalue weighted by molar-refractivity contribution is 0.442. The Bertz CT molecular complexity index is 3100. The third kappa shape index (κ3) is 11.8. The number of rotatable bonds is 10. The molecule has 0 aromatic heterocycles. The average molecular weight is 1090 g/mol. The summed E-state index contributed by atoms with van der Waals surface area (Å²) in [5, 5.41) is 0. The molecule has 12 rings (SSSR count). The summed E-state index contributed by atoms with van der Waals surface area (Å²) in [6, 6.07) is 62.0. The zero-order valence-corrected chi connectivity index (χ0v) is 51.6. The van der Waals surface area contributed by atoms with Crippen LogP contribution in [0.1, 0.15) is 288 Å². The second-order valence-corrected chi connectivity index (χ2v) is 28.7. The van der Waals surface area contributed by atoms with Crippen molar-refractivity contribution in [2.45, 2.75) is 248 Å². The van der Waals surface area contributed by atoms with Crippen LogP contribution in [0.5, 0.6) is 0 Å². The molecule has 5 aliphatic carbocycles. The van der Waals surface area contributed by atoms with Gasteiger partial charge in [0, 0.05) is 17.1 Å². The first-order valence-corrected chi connectivity index (χ1v) is 33.6. The van der Waals surface area contributed by atoms with Crippen LogP contribution in [0, 0.1) is 0 Å². The van der Waals surface area contributed by atoms with Crippen molar-refractivity contribution in [2.75, 3.05) is 4.90 Å². The molecule has 0 bridgehead atoms. The van der Waals surface area contributed by atoms with Crippen molar-refractivity contribution >= 4 is 17.1 Å². The molecule has 5 aliphatic rings. The van der Waals surface area contributed by atoms with Gasteiger partial charge in [0.2, 0.25) is 0 Å². The lowest BCUT2D eigenvalue weighted by Crippen LogP contribution is -2.29. The summed E-state index contributed by atoms with van der Waals surface area (Å²) in [4.78, 5) is 2.61. The molecule has 4 saturated carbocycles. The molecule has 0 saturated heterocycles. The number of fused-ring (bicyclic) bond motifs is 3. The van der Waals surface area contributed by atoms with Crippen LogP contribution in [0.25, 0.3) is 22.3 Å². The van der Waals surface area contributed by atoms with Crippen LogP contribution in [0.4, 0.5) is 17.1 Å². The zero-order chi connectivity index (χ0) is 56.3. The van der Waals surface area contributed by atoms with Crippen molar-refractivity contribution in [3.05, 3.63) is 207 Å². The van der Waals surface area contributed by atoms with E-state index in [9.17, 15) is 0 Å². The minimum absolute atomic E-state index is 0.0468. The van der Waals surface area contributed by atoms with Crippen molar-refractivity contribution in [1.82, 2.24) is 0 Å². The van der Waals surface area contributed by atoms with Crippen molar-refractivity contribution in [3.63, 3.8) is 0 Å². The minimum Gasteiger partial charge on any atom is -0.310 e. The van der Waals surface area contributed by atoms with Crippen LogP contribution in [-0.4, -0.2) is 0 Å². The summed E-state index contributed by atoms with van der Waals surface area (Å²) in [7, 11) is 0. The van der Waals surface area contributed by atoms with Crippen molar-refractivity contribution in [1.29, 1.82) is 0 Å². The van der Waals surface area contributed by atoms with Gasteiger partial charge in [0.15, 0.2) is 0 Å². The van der Waals surface area contributed by atoms with Crippen LogP contribution in [0.2, 0.25) is 0 Å². The van der Waals surface area contributed by atoms with E-state index in [-0.39, 0.29) is 10.8 Å². The van der Waals surface area contributed by atoms with Crippen LogP contribution in [0.15, 0.2) is 152 Å². The molecule has 0 heterocycles. The molecule has 0 N–H and O–H groups in total. The zero-order valence-electron chi connectivity index (χ0n) is 51.6. The highest BCUT2D eigenvalue weighted by atomic mass is 15.1. The Morgan fingerprint density at radius 2 is 0.707 bits per heavy atom. The summed E-state index contributed by atoms with van der Waals surface area (Å²) < 4.78 is 0. The SMILES string of the molecule is CC(C)(C)c1ccc(C2(c3ccc(C(C)(C)C)cc3)c3ccccc3-c3ccc(N(c4ccc(-c5c(C6CCCCCCC6)cc(C6CCCCCCC6)cc5C5CCCCCCC5)cc4)c4ccc(C5CCCCC5)cc4)cc32)cc1. The Hall–Kier alpha value is -5.66. The Morgan fingerprint density at radius 3 is 1.17 bits per heavy atom. The van der Waals surface area contributed by atoms with E-state index in [0.717, 1.165) is 0 Å². The van der Waals surface area contributed by atoms with Gasteiger partial charge in [-0.15, -0.1) is 0 Å². The van der Waals surface area contributed by atoms with Crippen LogP contribution in [-0.2, 0) is 16.2 Å². The second-order valence-electron chi connectivity index (χ2n) is 28.7. The van der Waals surface area contributed by atoms with Gasteiger partial charge in [-0.25, -0.2) is 0 Å². The fourth-order valence-corrected chi connectivity index (χ4v) is 16.4. The number of nitrogens with zero attached hydrogens (tertiary/aromatic N) is 1. The molecule has 7 aromatic rings. The fraction of sp³-hybridized carbons (Fsp3) is 0.481. The van der Waals surface area contributed by atoms with Gasteiger partial charge in [0.25, 0.3) is 0 Å². The second kappa shape index (κ2) is 24.9. The highest BCUT2D eigenvalue weighted by Gasteiger charge is 2.47. The van der Waals surface area contributed by atoms with E-state index in [1.807, 2.05) is 0 Å². The van der Waals surface area contributed by atoms with E-state index in [1.165, 1.54) is 240 Å². The van der Waals surface area contributed by atoms with Gasteiger partial charge in [-0.3, -0.25) is 0 Å². The summed E-state index contributed by atoms with van der Waals surface area (Å²) in [5.74, 6) is 2.60. The number of hydrogen-bond donors (Lipinski definition) is 0. The molecule has 4 fully saturated rings. The molecule has 0 atom stereocenters. The van der Waals surface area contributed by atoms with Gasteiger partial charge >= 0.3 is 0 Å².